The van der Waals surface area contributed by atoms with Crippen molar-refractivity contribution in [2.45, 2.75) is 38.3 Å². The van der Waals surface area contributed by atoms with Gasteiger partial charge >= 0.3 is 0 Å². The molecule has 4 nitrogen and oxygen atoms in total. The van der Waals surface area contributed by atoms with Crippen molar-refractivity contribution < 1.29 is 9.53 Å². The minimum Gasteiger partial charge on any atom is -0.370 e. The first-order valence-electron chi connectivity index (χ1n) is 7.40. The number of hydrogen-bond acceptors (Lipinski definition) is 3. The highest BCUT2D eigenvalue weighted by molar-refractivity contribution is 6.31. The van der Waals surface area contributed by atoms with Crippen LogP contribution in [0.5, 0.6) is 0 Å². The quantitative estimate of drug-likeness (QED) is 0.930. The molecule has 21 heavy (non-hydrogen) atoms. The maximum atomic E-state index is 12.6. The summed E-state index contributed by atoms with van der Waals surface area (Å²) >= 11 is 6.22. The van der Waals surface area contributed by atoms with Crippen LogP contribution in [0.1, 0.15) is 38.4 Å². The number of nitrogens with two attached hydrogens (primary N) is 1. The molecular weight excluding hydrogens is 288 g/mol. The third-order valence-corrected chi connectivity index (χ3v) is 4.21. The van der Waals surface area contributed by atoms with Crippen LogP contribution >= 0.6 is 11.6 Å². The molecule has 116 valence electrons. The predicted octanol–water partition coefficient (Wildman–Crippen LogP) is 2.76. The molecule has 1 fully saturated rings. The average molecular weight is 311 g/mol. The molecule has 0 aliphatic carbocycles. The summed E-state index contributed by atoms with van der Waals surface area (Å²) in [5.74, 6) is -0.00953. The first-order chi connectivity index (χ1) is 9.95. The van der Waals surface area contributed by atoms with E-state index in [0.29, 0.717) is 31.1 Å². The molecule has 0 bridgehead atoms. The van der Waals surface area contributed by atoms with E-state index in [9.17, 15) is 4.79 Å². The number of ether oxygens (including phenoxy) is 1. The second-order valence-electron chi connectivity index (χ2n) is 5.80. The minimum absolute atomic E-state index is 0.00953. The normalized spacial score (nSPS) is 21.9. The van der Waals surface area contributed by atoms with E-state index in [2.05, 4.69) is 0 Å². The van der Waals surface area contributed by atoms with Crippen molar-refractivity contribution in [1.82, 2.24) is 4.90 Å². The number of benzene rings is 1. The van der Waals surface area contributed by atoms with E-state index in [1.165, 1.54) is 0 Å². The van der Waals surface area contributed by atoms with Crippen molar-refractivity contribution in [3.63, 3.8) is 0 Å². The number of nitrogens with zero attached hydrogens (tertiary/aromatic N) is 1. The van der Waals surface area contributed by atoms with Crippen molar-refractivity contribution in [2.75, 3.05) is 19.7 Å². The summed E-state index contributed by atoms with van der Waals surface area (Å²) in [4.78, 5) is 14.4. The number of morpholine rings is 1. The summed E-state index contributed by atoms with van der Waals surface area (Å²) in [6.45, 7) is 5.42. The molecule has 0 saturated carbocycles. The second-order valence-corrected chi connectivity index (χ2v) is 6.21. The van der Waals surface area contributed by atoms with Crippen molar-refractivity contribution in [3.8, 4) is 0 Å². The van der Waals surface area contributed by atoms with E-state index in [-0.39, 0.29) is 12.0 Å². The molecule has 0 aromatic heterocycles. The van der Waals surface area contributed by atoms with E-state index in [1.807, 2.05) is 31.2 Å². The Balaban J connectivity index is 2.11. The van der Waals surface area contributed by atoms with Gasteiger partial charge in [0, 0.05) is 17.1 Å². The summed E-state index contributed by atoms with van der Waals surface area (Å²) < 4.78 is 5.78. The number of rotatable bonds is 4. The lowest BCUT2D eigenvalue weighted by atomic mass is 9.95. The van der Waals surface area contributed by atoms with Gasteiger partial charge in [0.2, 0.25) is 5.91 Å². The number of halogens is 1. The molecule has 0 spiro atoms. The van der Waals surface area contributed by atoms with E-state index in [4.69, 9.17) is 22.1 Å². The minimum atomic E-state index is -0.808. The van der Waals surface area contributed by atoms with Crippen molar-refractivity contribution >= 4 is 17.5 Å². The molecular formula is C16H23ClN2O2. The number of carbonyl (C=O) groups excluding carboxylic acids is 1. The molecule has 2 N–H and O–H groups in total. The Bertz CT molecular complexity index is 505. The molecule has 2 rings (SSSR count). The SMILES string of the molecule is CCCC(C)(N)C(=O)N1CCOC(c2ccccc2Cl)C1. The molecule has 1 aliphatic rings. The van der Waals surface area contributed by atoms with Gasteiger partial charge in [0.05, 0.1) is 18.7 Å². The Kier molecular flexibility index (Phi) is 5.25. The molecule has 1 saturated heterocycles. The standard InChI is InChI=1S/C16H23ClN2O2/c1-3-8-16(2,18)15(20)19-9-10-21-14(11-19)12-6-4-5-7-13(12)17/h4-7,14H,3,8-11,18H2,1-2H3. The van der Waals surface area contributed by atoms with Gasteiger partial charge in [0.1, 0.15) is 6.10 Å². The Morgan fingerprint density at radius 1 is 1.52 bits per heavy atom. The van der Waals surface area contributed by atoms with Crippen LogP contribution in [0.4, 0.5) is 0 Å². The fraction of sp³-hybridized carbons (Fsp3) is 0.562. The lowest BCUT2D eigenvalue weighted by Crippen LogP contribution is -2.56. The van der Waals surface area contributed by atoms with E-state index >= 15 is 0 Å². The molecule has 1 amide bonds. The molecule has 1 aliphatic heterocycles. The van der Waals surface area contributed by atoms with Gasteiger partial charge in [-0.3, -0.25) is 4.79 Å². The van der Waals surface area contributed by atoms with Crippen molar-refractivity contribution in [1.29, 1.82) is 0 Å². The zero-order valence-corrected chi connectivity index (χ0v) is 13.4. The zero-order chi connectivity index (χ0) is 15.5. The van der Waals surface area contributed by atoms with Gasteiger partial charge in [0.15, 0.2) is 0 Å². The fourth-order valence-corrected chi connectivity index (χ4v) is 3.00. The van der Waals surface area contributed by atoms with Crippen LogP contribution in [-0.4, -0.2) is 36.0 Å². The van der Waals surface area contributed by atoms with Crippen molar-refractivity contribution in [3.05, 3.63) is 34.9 Å². The van der Waals surface area contributed by atoms with Gasteiger partial charge in [-0.1, -0.05) is 43.1 Å². The lowest BCUT2D eigenvalue weighted by molar-refractivity contribution is -0.144. The molecule has 0 radical (unpaired) electrons. The van der Waals surface area contributed by atoms with Crippen LogP contribution in [0.3, 0.4) is 0 Å². The smallest absolute Gasteiger partial charge is 0.242 e. The molecule has 2 atom stereocenters. The monoisotopic (exact) mass is 310 g/mol. The first kappa shape index (κ1) is 16.3. The van der Waals surface area contributed by atoms with Gasteiger partial charge in [-0.15, -0.1) is 0 Å². The maximum Gasteiger partial charge on any atom is 0.242 e. The highest BCUT2D eigenvalue weighted by Gasteiger charge is 2.35. The molecule has 1 aromatic rings. The Labute approximate surface area is 131 Å². The van der Waals surface area contributed by atoms with Crippen molar-refractivity contribution in [2.24, 2.45) is 5.73 Å². The molecule has 1 heterocycles. The zero-order valence-electron chi connectivity index (χ0n) is 12.6. The van der Waals surface area contributed by atoms with E-state index < -0.39 is 5.54 Å². The van der Waals surface area contributed by atoms with Gasteiger partial charge in [-0.25, -0.2) is 0 Å². The predicted molar refractivity (Wildman–Crippen MR) is 84.2 cm³/mol. The average Bonchev–Trinajstić information content (AvgIpc) is 2.47. The largest absolute Gasteiger partial charge is 0.370 e. The maximum absolute atomic E-state index is 12.6. The first-order valence-corrected chi connectivity index (χ1v) is 7.78. The van der Waals surface area contributed by atoms with Crippen LogP contribution in [0, 0.1) is 0 Å². The Hall–Kier alpha value is -1.10. The summed E-state index contributed by atoms with van der Waals surface area (Å²) in [5, 5.41) is 0.667. The van der Waals surface area contributed by atoms with Gasteiger partial charge in [-0.05, 0) is 19.4 Å². The van der Waals surface area contributed by atoms with Gasteiger partial charge < -0.3 is 15.4 Å². The van der Waals surface area contributed by atoms with Crippen LogP contribution < -0.4 is 5.73 Å². The molecule has 2 unspecified atom stereocenters. The summed E-state index contributed by atoms with van der Waals surface area (Å²) in [6, 6.07) is 7.59. The Morgan fingerprint density at radius 3 is 2.90 bits per heavy atom. The summed E-state index contributed by atoms with van der Waals surface area (Å²) in [7, 11) is 0. The highest BCUT2D eigenvalue weighted by Crippen LogP contribution is 2.29. The molecule has 5 heteroatoms. The Morgan fingerprint density at radius 2 is 2.24 bits per heavy atom. The van der Waals surface area contributed by atoms with Crippen LogP contribution in [0.15, 0.2) is 24.3 Å². The summed E-state index contributed by atoms with van der Waals surface area (Å²) in [6.07, 6.45) is 1.38. The fourth-order valence-electron chi connectivity index (χ4n) is 2.75. The van der Waals surface area contributed by atoms with Crippen LogP contribution in [0.2, 0.25) is 5.02 Å². The number of carbonyl (C=O) groups is 1. The second kappa shape index (κ2) is 6.77. The van der Waals surface area contributed by atoms with Crippen LogP contribution in [0.25, 0.3) is 0 Å². The number of hydrogen-bond donors (Lipinski definition) is 1. The van der Waals surface area contributed by atoms with Crippen LogP contribution in [-0.2, 0) is 9.53 Å². The van der Waals surface area contributed by atoms with Gasteiger partial charge in [-0.2, -0.15) is 0 Å². The van der Waals surface area contributed by atoms with Gasteiger partial charge in [0.25, 0.3) is 0 Å². The topological polar surface area (TPSA) is 55.6 Å². The highest BCUT2D eigenvalue weighted by atomic mass is 35.5. The number of amides is 1. The molecule has 1 aromatic carbocycles. The lowest BCUT2D eigenvalue weighted by Gasteiger charge is -2.37. The van der Waals surface area contributed by atoms with E-state index in [1.54, 1.807) is 11.8 Å². The van der Waals surface area contributed by atoms with E-state index in [0.717, 1.165) is 12.0 Å². The third-order valence-electron chi connectivity index (χ3n) is 3.86. The summed E-state index contributed by atoms with van der Waals surface area (Å²) in [5.41, 5.74) is 6.27. The third kappa shape index (κ3) is 3.76.